The molecule has 0 aliphatic rings. The molecule has 3 N–H and O–H groups in total. The molecule has 0 spiro atoms. The second-order valence-electron chi connectivity index (χ2n) is 4.15. The molecule has 0 saturated heterocycles. The van der Waals surface area contributed by atoms with Crippen molar-refractivity contribution in [3.63, 3.8) is 0 Å². The Morgan fingerprint density at radius 1 is 1.14 bits per heavy atom. The Labute approximate surface area is 120 Å². The van der Waals surface area contributed by atoms with Crippen molar-refractivity contribution >= 4 is 17.9 Å². The number of halogens is 1. The van der Waals surface area contributed by atoms with Crippen LogP contribution in [0.4, 0.5) is 9.18 Å². The lowest BCUT2D eigenvalue weighted by molar-refractivity contribution is -0.160. The van der Waals surface area contributed by atoms with E-state index in [4.69, 9.17) is 15.2 Å². The van der Waals surface area contributed by atoms with Crippen LogP contribution in [0.2, 0.25) is 0 Å². The highest BCUT2D eigenvalue weighted by Gasteiger charge is 2.23. The van der Waals surface area contributed by atoms with E-state index in [0.717, 1.165) is 0 Å². The van der Waals surface area contributed by atoms with E-state index in [-0.39, 0.29) is 5.75 Å². The summed E-state index contributed by atoms with van der Waals surface area (Å²) in [7, 11) is 0. The van der Waals surface area contributed by atoms with Gasteiger partial charge in [0, 0.05) is 0 Å². The number of amides is 3. The summed E-state index contributed by atoms with van der Waals surface area (Å²) in [5.41, 5.74) is 4.77. The molecule has 0 aliphatic carbocycles. The van der Waals surface area contributed by atoms with Crippen LogP contribution in [0.3, 0.4) is 0 Å². The molecule has 21 heavy (non-hydrogen) atoms. The van der Waals surface area contributed by atoms with E-state index in [1.54, 1.807) is 5.32 Å². The quantitative estimate of drug-likeness (QED) is 0.779. The highest BCUT2D eigenvalue weighted by atomic mass is 19.1. The summed E-state index contributed by atoms with van der Waals surface area (Å²) in [4.78, 5) is 33.5. The minimum absolute atomic E-state index is 0.273. The van der Waals surface area contributed by atoms with Crippen molar-refractivity contribution in [1.82, 2.24) is 5.32 Å². The first-order valence-electron chi connectivity index (χ1n) is 6.02. The summed E-state index contributed by atoms with van der Waals surface area (Å²) in [5.74, 6) is -1.82. The molecule has 1 rings (SSSR count). The lowest BCUT2D eigenvalue weighted by Crippen LogP contribution is -2.43. The average molecular weight is 298 g/mol. The van der Waals surface area contributed by atoms with Crippen LogP contribution in [0.5, 0.6) is 5.75 Å². The van der Waals surface area contributed by atoms with Gasteiger partial charge in [0.1, 0.15) is 11.6 Å². The maximum atomic E-state index is 12.7. The number of hydrogen-bond acceptors (Lipinski definition) is 5. The highest BCUT2D eigenvalue weighted by molar-refractivity contribution is 5.96. The molecule has 0 heterocycles. The Balaban J connectivity index is 2.52. The monoisotopic (exact) mass is 298 g/mol. The van der Waals surface area contributed by atoms with Gasteiger partial charge >= 0.3 is 12.0 Å². The molecule has 3 amide bonds. The summed E-state index contributed by atoms with van der Waals surface area (Å²) >= 11 is 0. The highest BCUT2D eigenvalue weighted by Crippen LogP contribution is 2.13. The van der Waals surface area contributed by atoms with Crippen molar-refractivity contribution in [1.29, 1.82) is 0 Å². The lowest BCUT2D eigenvalue weighted by Gasteiger charge is -2.17. The van der Waals surface area contributed by atoms with Gasteiger partial charge in [0.25, 0.3) is 5.91 Å². The van der Waals surface area contributed by atoms with Gasteiger partial charge in [-0.05, 0) is 38.1 Å². The topological polar surface area (TPSA) is 108 Å². The number of esters is 1. The third-order valence-electron chi connectivity index (χ3n) is 2.37. The van der Waals surface area contributed by atoms with Crippen LogP contribution < -0.4 is 15.8 Å². The molecule has 0 unspecified atom stereocenters. The number of imide groups is 1. The molecule has 0 aliphatic heterocycles. The molecule has 0 aromatic heterocycles. The molecular formula is C13H15FN2O5. The zero-order valence-electron chi connectivity index (χ0n) is 11.5. The summed E-state index contributed by atoms with van der Waals surface area (Å²) in [6, 6.07) is 4.01. The standard InChI is InChI=1S/C13H15FN2O5/c1-7(11(17)16-13(15)19)21-12(18)8(2)20-10-5-3-9(14)4-6-10/h3-8H,1-2H3,(H3,15,16,17,19)/t7-,8-/m0/s1. The molecule has 0 saturated carbocycles. The van der Waals surface area contributed by atoms with Crippen molar-refractivity contribution in [3.8, 4) is 5.75 Å². The molecule has 7 nitrogen and oxygen atoms in total. The number of benzene rings is 1. The van der Waals surface area contributed by atoms with E-state index in [2.05, 4.69) is 0 Å². The van der Waals surface area contributed by atoms with Gasteiger partial charge in [-0.15, -0.1) is 0 Å². The van der Waals surface area contributed by atoms with Gasteiger partial charge in [-0.25, -0.2) is 14.0 Å². The first-order valence-corrected chi connectivity index (χ1v) is 6.02. The minimum atomic E-state index is -1.20. The molecule has 1 aromatic carbocycles. The number of nitrogens with two attached hydrogens (primary N) is 1. The van der Waals surface area contributed by atoms with Gasteiger partial charge in [0.2, 0.25) is 0 Å². The average Bonchev–Trinajstić information content (AvgIpc) is 2.40. The van der Waals surface area contributed by atoms with Crippen LogP contribution in [-0.4, -0.2) is 30.1 Å². The maximum Gasteiger partial charge on any atom is 0.347 e. The molecular weight excluding hydrogens is 283 g/mol. The molecule has 1 aromatic rings. The number of carbonyl (C=O) groups is 3. The fraction of sp³-hybridized carbons (Fsp3) is 0.308. The largest absolute Gasteiger partial charge is 0.479 e. The van der Waals surface area contributed by atoms with Crippen molar-refractivity contribution in [2.45, 2.75) is 26.1 Å². The van der Waals surface area contributed by atoms with Crippen molar-refractivity contribution in [3.05, 3.63) is 30.1 Å². The fourth-order valence-electron chi connectivity index (χ4n) is 1.31. The number of hydrogen-bond donors (Lipinski definition) is 2. The third-order valence-corrected chi connectivity index (χ3v) is 2.37. The van der Waals surface area contributed by atoms with Gasteiger partial charge in [0.05, 0.1) is 0 Å². The summed E-state index contributed by atoms with van der Waals surface area (Å²) < 4.78 is 22.8. The summed E-state index contributed by atoms with van der Waals surface area (Å²) in [6.45, 7) is 2.69. The van der Waals surface area contributed by atoms with Gasteiger partial charge in [-0.1, -0.05) is 0 Å². The Hall–Kier alpha value is -2.64. The number of urea groups is 1. The van der Waals surface area contributed by atoms with E-state index in [1.807, 2.05) is 0 Å². The molecule has 8 heteroatoms. The Morgan fingerprint density at radius 3 is 2.24 bits per heavy atom. The van der Waals surface area contributed by atoms with Gasteiger partial charge in [-0.3, -0.25) is 10.1 Å². The van der Waals surface area contributed by atoms with Crippen LogP contribution in [0, 0.1) is 5.82 Å². The van der Waals surface area contributed by atoms with Gasteiger partial charge in [0.15, 0.2) is 12.2 Å². The molecule has 2 atom stereocenters. The Kier molecular flexibility index (Phi) is 5.65. The predicted molar refractivity (Wildman–Crippen MR) is 69.8 cm³/mol. The van der Waals surface area contributed by atoms with Crippen LogP contribution in [0.15, 0.2) is 24.3 Å². The third kappa shape index (κ3) is 5.47. The van der Waals surface area contributed by atoms with E-state index in [0.29, 0.717) is 0 Å². The second-order valence-corrected chi connectivity index (χ2v) is 4.15. The zero-order valence-corrected chi connectivity index (χ0v) is 11.5. The number of rotatable bonds is 5. The predicted octanol–water partition coefficient (Wildman–Crippen LogP) is 0.720. The minimum Gasteiger partial charge on any atom is -0.479 e. The van der Waals surface area contributed by atoms with E-state index in [9.17, 15) is 18.8 Å². The normalized spacial score (nSPS) is 12.9. The Bertz CT molecular complexity index is 532. The molecule has 0 fully saturated rings. The number of nitrogens with one attached hydrogen (secondary N) is 1. The molecule has 0 radical (unpaired) electrons. The first-order chi connectivity index (χ1) is 9.79. The maximum absolute atomic E-state index is 12.7. The zero-order chi connectivity index (χ0) is 16.0. The summed E-state index contributed by atoms with van der Waals surface area (Å²) in [5, 5.41) is 1.78. The van der Waals surface area contributed by atoms with Crippen molar-refractivity contribution in [2.75, 3.05) is 0 Å². The van der Waals surface area contributed by atoms with Crippen molar-refractivity contribution < 1.29 is 28.2 Å². The van der Waals surface area contributed by atoms with Gasteiger partial charge in [-0.2, -0.15) is 0 Å². The van der Waals surface area contributed by atoms with Crippen LogP contribution >= 0.6 is 0 Å². The van der Waals surface area contributed by atoms with Crippen LogP contribution in [-0.2, 0) is 14.3 Å². The lowest BCUT2D eigenvalue weighted by atomic mass is 10.3. The fourth-order valence-corrected chi connectivity index (χ4v) is 1.31. The number of carbonyl (C=O) groups excluding carboxylic acids is 3. The molecule has 0 bridgehead atoms. The Morgan fingerprint density at radius 2 is 1.71 bits per heavy atom. The SMILES string of the molecule is C[C@H](OC(=O)[C@H](C)Oc1ccc(F)cc1)C(=O)NC(N)=O. The van der Waals surface area contributed by atoms with Crippen LogP contribution in [0.25, 0.3) is 0 Å². The first kappa shape index (κ1) is 16.4. The summed E-state index contributed by atoms with van der Waals surface area (Å²) in [6.07, 6.45) is -2.22. The smallest absolute Gasteiger partial charge is 0.347 e. The number of primary amides is 1. The van der Waals surface area contributed by atoms with Crippen LogP contribution in [0.1, 0.15) is 13.8 Å². The van der Waals surface area contributed by atoms with E-state index >= 15 is 0 Å². The second kappa shape index (κ2) is 7.22. The van der Waals surface area contributed by atoms with E-state index < -0.39 is 35.9 Å². The van der Waals surface area contributed by atoms with E-state index in [1.165, 1.54) is 38.1 Å². The van der Waals surface area contributed by atoms with Crippen molar-refractivity contribution in [2.24, 2.45) is 5.73 Å². The van der Waals surface area contributed by atoms with Gasteiger partial charge < -0.3 is 15.2 Å². The number of ether oxygens (including phenoxy) is 2. The molecule has 114 valence electrons.